The number of hydrogen-bond donors (Lipinski definition) is 6. The molecular formula is C22H48N7W-3. The topological polar surface area (TPSA) is 164 Å². The van der Waals surface area contributed by atoms with Crippen molar-refractivity contribution in [3.8, 4) is 0 Å². The zero-order valence-corrected chi connectivity index (χ0v) is 19.7. The van der Waals surface area contributed by atoms with Crippen molar-refractivity contribution in [2.75, 3.05) is 6.54 Å². The summed E-state index contributed by atoms with van der Waals surface area (Å²) in [5.74, 6) is 0.896. The van der Waals surface area contributed by atoms with Gasteiger partial charge in [0, 0.05) is 33.2 Å². The molecule has 180 valence electrons. The average Bonchev–Trinajstić information content (AvgIpc) is 2.54. The number of rotatable bonds is 5. The maximum Gasteiger partial charge on any atom is 0.185 e. The predicted molar refractivity (Wildman–Crippen MR) is 134 cm³/mol. The van der Waals surface area contributed by atoms with Crippen LogP contribution in [0.25, 0.3) is 0 Å². The van der Waals surface area contributed by atoms with Gasteiger partial charge in [0.1, 0.15) is 5.84 Å². The first-order valence-electron chi connectivity index (χ1n) is 8.37. The largest absolute Gasteiger partial charge is 0.563 e. The maximum atomic E-state index is 7.11. The minimum atomic E-state index is 0. The molecule has 1 aromatic carbocycles. The van der Waals surface area contributed by atoms with E-state index in [2.05, 4.69) is 31.5 Å². The monoisotopic (exact) mass is 594 g/mol. The van der Waals surface area contributed by atoms with E-state index in [1.165, 1.54) is 6.34 Å². The third-order valence-electron chi connectivity index (χ3n) is 2.54. The predicted octanol–water partition coefficient (Wildman–Crippen LogP) is 4.35. The Balaban J connectivity index is -0.0000000480. The Morgan fingerprint density at radius 1 is 1.20 bits per heavy atom. The summed E-state index contributed by atoms with van der Waals surface area (Å²) in [4.78, 5) is 3.72. The van der Waals surface area contributed by atoms with Crippen molar-refractivity contribution in [1.29, 1.82) is 10.8 Å². The Morgan fingerprint density at radius 2 is 1.67 bits per heavy atom. The van der Waals surface area contributed by atoms with Gasteiger partial charge in [-0.1, -0.05) is 59.9 Å². The molecule has 0 spiro atoms. The molecule has 0 aliphatic carbocycles. The normalized spacial score (nSPS) is 8.30. The van der Waals surface area contributed by atoms with E-state index in [4.69, 9.17) is 28.0 Å². The first-order chi connectivity index (χ1) is 12.2. The molecule has 0 fully saturated rings. The zero-order valence-electron chi connectivity index (χ0n) is 16.8. The van der Waals surface area contributed by atoms with Gasteiger partial charge in [0.25, 0.3) is 0 Å². The standard InChI is InChI=1S/C8H10N2.C6H12.C4H11N3.CH3N2.3CH4.W/c1-6-3-2-4-7(5-6)8(9)10;1-4-5-6(2)3;1-2-3-7-4(5)6;2-1-3;;;;/h2-5H,1H3,(H3,9,10);6H,1-2,4-5H2,3H3;2-3H2,1H3,(H4,5,6,7);(H3,2,3);3*1H4;/q;-2;;-1;;;;. The molecule has 0 saturated carbocycles. The molecule has 8 heteroatoms. The maximum absolute atomic E-state index is 7.11. The molecule has 1 unspecified atom stereocenters. The van der Waals surface area contributed by atoms with E-state index in [1.54, 1.807) is 0 Å². The van der Waals surface area contributed by atoms with E-state index < -0.39 is 0 Å². The first kappa shape index (κ1) is 46.4. The molecule has 0 aromatic heterocycles. The van der Waals surface area contributed by atoms with E-state index in [-0.39, 0.29) is 55.1 Å². The molecule has 1 atom stereocenters. The van der Waals surface area contributed by atoms with E-state index in [9.17, 15) is 0 Å². The molecule has 30 heavy (non-hydrogen) atoms. The number of nitrogen functional groups attached to an aromatic ring is 1. The number of benzene rings is 1. The summed E-state index contributed by atoms with van der Waals surface area (Å²) < 4.78 is 0. The van der Waals surface area contributed by atoms with Crippen LogP contribution >= 0.6 is 0 Å². The van der Waals surface area contributed by atoms with Crippen LogP contribution < -0.4 is 22.9 Å². The summed E-state index contributed by atoms with van der Waals surface area (Å²) in [6.45, 7) is 14.3. The van der Waals surface area contributed by atoms with E-state index in [1.807, 2.05) is 38.1 Å². The SMILES string of the molecule is C.C.C.CCCN=C(N)N.Cc1cccc(C(=N)N)c1.N=[C-]N.[CH2-]CCC([CH2-])C.[W]. The molecule has 1 rings (SSSR count). The minimum absolute atomic E-state index is 0. The molecule has 0 aliphatic heterocycles. The van der Waals surface area contributed by atoms with Crippen molar-refractivity contribution >= 4 is 18.1 Å². The van der Waals surface area contributed by atoms with Gasteiger partial charge in [0.2, 0.25) is 0 Å². The van der Waals surface area contributed by atoms with E-state index >= 15 is 0 Å². The molecule has 0 bridgehead atoms. The quantitative estimate of drug-likeness (QED) is 0.129. The molecule has 0 saturated heterocycles. The summed E-state index contributed by atoms with van der Waals surface area (Å²) >= 11 is 0. The van der Waals surface area contributed by atoms with E-state index in [0.717, 1.165) is 36.9 Å². The van der Waals surface area contributed by atoms with Crippen LogP contribution in [-0.4, -0.2) is 24.7 Å². The molecule has 0 heterocycles. The number of nitrogens with two attached hydrogens (primary N) is 4. The van der Waals surface area contributed by atoms with Crippen LogP contribution in [0.1, 0.15) is 66.5 Å². The van der Waals surface area contributed by atoms with Gasteiger partial charge in [0.05, 0.1) is 0 Å². The Kier molecular flexibility index (Phi) is 53.5. The van der Waals surface area contributed by atoms with Crippen LogP contribution in [0.5, 0.6) is 0 Å². The molecule has 0 aliphatic rings. The van der Waals surface area contributed by atoms with E-state index in [0.29, 0.717) is 5.92 Å². The second-order valence-corrected chi connectivity index (χ2v) is 5.48. The Bertz CT molecular complexity index is 500. The van der Waals surface area contributed by atoms with Crippen LogP contribution in [0, 0.1) is 37.5 Å². The van der Waals surface area contributed by atoms with Gasteiger partial charge in [-0.3, -0.25) is 10.4 Å². The number of hydrogen-bond acceptors (Lipinski definition) is 3. The molecular weight excluding hydrogens is 546 g/mol. The fourth-order valence-electron chi connectivity index (χ4n) is 1.40. The first-order valence-corrected chi connectivity index (χ1v) is 8.37. The number of aryl methyl sites for hydroxylation is 1. The van der Waals surface area contributed by atoms with Gasteiger partial charge in [-0.25, -0.2) is 0 Å². The van der Waals surface area contributed by atoms with Crippen molar-refractivity contribution in [3.05, 3.63) is 49.2 Å². The number of amidine groups is 1. The van der Waals surface area contributed by atoms with Gasteiger partial charge in [-0.2, -0.15) is 12.3 Å². The van der Waals surface area contributed by atoms with Gasteiger partial charge in [0.15, 0.2) is 5.96 Å². The third-order valence-corrected chi connectivity index (χ3v) is 2.54. The second kappa shape index (κ2) is 34.6. The molecule has 1 aromatic rings. The average molecular weight is 595 g/mol. The van der Waals surface area contributed by atoms with Crippen LogP contribution in [0.2, 0.25) is 0 Å². The van der Waals surface area contributed by atoms with Crippen molar-refractivity contribution in [1.82, 2.24) is 0 Å². The van der Waals surface area contributed by atoms with Gasteiger partial charge in [-0.05, 0) is 19.4 Å². The molecule has 0 radical (unpaired) electrons. The molecule has 7 nitrogen and oxygen atoms in total. The van der Waals surface area contributed by atoms with Crippen molar-refractivity contribution in [2.24, 2.45) is 33.8 Å². The Morgan fingerprint density at radius 3 is 1.83 bits per heavy atom. The van der Waals surface area contributed by atoms with Gasteiger partial charge < -0.3 is 48.5 Å². The van der Waals surface area contributed by atoms with Crippen molar-refractivity contribution in [3.63, 3.8) is 0 Å². The minimum Gasteiger partial charge on any atom is -0.563 e. The third kappa shape index (κ3) is 45.1. The van der Waals surface area contributed by atoms with Gasteiger partial charge >= 0.3 is 0 Å². The number of guanidine groups is 1. The summed E-state index contributed by atoms with van der Waals surface area (Å²) in [6.07, 6.45) is 4.67. The van der Waals surface area contributed by atoms with Crippen LogP contribution in [0.3, 0.4) is 0 Å². The van der Waals surface area contributed by atoms with Crippen LogP contribution in [-0.2, 0) is 21.1 Å². The summed E-state index contributed by atoms with van der Waals surface area (Å²) in [7, 11) is 0. The summed E-state index contributed by atoms with van der Waals surface area (Å²) in [6, 6.07) is 7.59. The Hall–Kier alpha value is -1.88. The summed E-state index contributed by atoms with van der Waals surface area (Å²) in [5, 5.41) is 12.8. The zero-order chi connectivity index (χ0) is 21.0. The van der Waals surface area contributed by atoms with Crippen molar-refractivity contribution in [2.45, 2.75) is 62.3 Å². The smallest absolute Gasteiger partial charge is 0.185 e. The summed E-state index contributed by atoms with van der Waals surface area (Å²) in [5.41, 5.74) is 21.5. The van der Waals surface area contributed by atoms with Crippen LogP contribution in [0.4, 0.5) is 0 Å². The van der Waals surface area contributed by atoms with Crippen LogP contribution in [0.15, 0.2) is 29.3 Å². The van der Waals surface area contributed by atoms with Crippen molar-refractivity contribution < 1.29 is 21.1 Å². The number of nitrogens with zero attached hydrogens (tertiary/aromatic N) is 1. The molecule has 10 N–H and O–H groups in total. The van der Waals surface area contributed by atoms with Gasteiger partial charge in [-0.15, -0.1) is 6.42 Å². The second-order valence-electron chi connectivity index (χ2n) is 5.48. The molecule has 0 amide bonds. The number of nitrogens with one attached hydrogen (secondary N) is 2. The fourth-order valence-corrected chi connectivity index (χ4v) is 1.40. The Labute approximate surface area is 201 Å². The fraction of sp³-hybridized carbons (Fsp3) is 0.500. The number of aliphatic imine (C=N–C) groups is 1.